The molecule has 2 rings (SSSR count). The molecule has 2 N–H and O–H groups in total. The van der Waals surface area contributed by atoms with Crippen LogP contribution in [0.4, 0.5) is 5.69 Å². The van der Waals surface area contributed by atoms with Gasteiger partial charge in [-0.1, -0.05) is 29.8 Å². The molecular weight excluding hydrogens is 260 g/mol. The lowest BCUT2D eigenvalue weighted by molar-refractivity contribution is 0.199. The molecule has 116 valence electrons. The summed E-state index contributed by atoms with van der Waals surface area (Å²) < 4.78 is 0. The zero-order valence-electron chi connectivity index (χ0n) is 13.5. The normalized spacial score (nSPS) is 18.3. The molecule has 3 heteroatoms. The summed E-state index contributed by atoms with van der Waals surface area (Å²) in [6, 6.07) is 8.58. The summed E-state index contributed by atoms with van der Waals surface area (Å²) in [5.74, 6) is 0. The van der Waals surface area contributed by atoms with E-state index in [0.29, 0.717) is 6.04 Å². The first-order valence-electron chi connectivity index (χ1n) is 7.95. The van der Waals surface area contributed by atoms with Crippen LogP contribution in [0.1, 0.15) is 45.3 Å². The number of piperidine rings is 1. The minimum atomic E-state index is -0.425. The van der Waals surface area contributed by atoms with E-state index in [1.807, 2.05) is 25.1 Å². The fraction of sp³-hybridized carbons (Fsp3) is 0.556. The fourth-order valence-corrected chi connectivity index (χ4v) is 2.78. The van der Waals surface area contributed by atoms with Gasteiger partial charge in [-0.2, -0.15) is 0 Å². The average Bonchev–Trinajstić information content (AvgIpc) is 2.47. The summed E-state index contributed by atoms with van der Waals surface area (Å²) >= 11 is 0. The number of nitrogens with zero attached hydrogens (tertiary/aromatic N) is 1. The van der Waals surface area contributed by atoms with Crippen molar-refractivity contribution in [2.24, 2.45) is 0 Å². The highest BCUT2D eigenvalue weighted by molar-refractivity contribution is 5.52. The summed E-state index contributed by atoms with van der Waals surface area (Å²) in [7, 11) is 0. The molecule has 0 spiro atoms. The molecule has 1 heterocycles. The molecule has 1 atom stereocenters. The summed E-state index contributed by atoms with van der Waals surface area (Å²) in [5.41, 5.74) is 3.46. The summed E-state index contributed by atoms with van der Waals surface area (Å²) in [6.07, 6.45) is 4.19. The third kappa shape index (κ3) is 4.87. The van der Waals surface area contributed by atoms with Crippen molar-refractivity contribution >= 4 is 5.69 Å². The third-order valence-corrected chi connectivity index (χ3v) is 4.12. The summed E-state index contributed by atoms with van der Waals surface area (Å²) in [6.45, 7) is 9.47. The minimum absolute atomic E-state index is 0.425. The topological polar surface area (TPSA) is 35.5 Å². The van der Waals surface area contributed by atoms with Crippen molar-refractivity contribution in [3.05, 3.63) is 41.5 Å². The zero-order chi connectivity index (χ0) is 15.2. The van der Waals surface area contributed by atoms with Crippen LogP contribution >= 0.6 is 0 Å². The number of anilines is 1. The van der Waals surface area contributed by atoms with E-state index in [1.54, 1.807) is 0 Å². The van der Waals surface area contributed by atoms with Crippen molar-refractivity contribution in [1.29, 1.82) is 0 Å². The van der Waals surface area contributed by atoms with Gasteiger partial charge in [-0.05, 0) is 39.7 Å². The standard InChI is InChI=1S/C18H28N2O/c1-14(2)8-11-20-12-9-16(10-13-20)19-18-7-5-4-6-17(18)15(3)21/h4-8,15-16,19,21H,9-13H2,1-3H3. The number of likely N-dealkylation sites (tertiary alicyclic amines) is 1. The van der Waals surface area contributed by atoms with Crippen LogP contribution < -0.4 is 5.32 Å². The monoisotopic (exact) mass is 288 g/mol. The summed E-state index contributed by atoms with van der Waals surface area (Å²) in [5, 5.41) is 13.5. The SMILES string of the molecule is CC(C)=CCN1CCC(Nc2ccccc2C(C)O)CC1. The largest absolute Gasteiger partial charge is 0.389 e. The average molecular weight is 288 g/mol. The Hall–Kier alpha value is -1.32. The van der Waals surface area contributed by atoms with Gasteiger partial charge in [0.05, 0.1) is 6.10 Å². The summed E-state index contributed by atoms with van der Waals surface area (Å²) in [4.78, 5) is 2.51. The number of hydrogen-bond acceptors (Lipinski definition) is 3. The first kappa shape index (κ1) is 16.1. The van der Waals surface area contributed by atoms with Crippen molar-refractivity contribution in [3.8, 4) is 0 Å². The maximum absolute atomic E-state index is 9.84. The van der Waals surface area contributed by atoms with Crippen LogP contribution in [-0.2, 0) is 0 Å². The maximum Gasteiger partial charge on any atom is 0.0781 e. The Morgan fingerprint density at radius 2 is 2.00 bits per heavy atom. The Balaban J connectivity index is 1.88. The van der Waals surface area contributed by atoms with Gasteiger partial charge in [0.15, 0.2) is 0 Å². The van der Waals surface area contributed by atoms with Crippen LogP contribution in [0.5, 0.6) is 0 Å². The number of allylic oxidation sites excluding steroid dienone is 1. The lowest BCUT2D eigenvalue weighted by Gasteiger charge is -2.32. The number of nitrogens with one attached hydrogen (secondary N) is 1. The Morgan fingerprint density at radius 1 is 1.33 bits per heavy atom. The third-order valence-electron chi connectivity index (χ3n) is 4.12. The quantitative estimate of drug-likeness (QED) is 0.813. The zero-order valence-corrected chi connectivity index (χ0v) is 13.5. The molecule has 0 amide bonds. The Morgan fingerprint density at radius 3 is 2.62 bits per heavy atom. The lowest BCUT2D eigenvalue weighted by Crippen LogP contribution is -2.39. The number of aliphatic hydroxyl groups excluding tert-OH is 1. The van der Waals surface area contributed by atoms with Crippen LogP contribution in [-0.4, -0.2) is 35.7 Å². The number of hydrogen-bond donors (Lipinski definition) is 2. The predicted octanol–water partition coefficient (Wildman–Crippen LogP) is 3.58. The number of para-hydroxylation sites is 1. The molecule has 0 radical (unpaired) electrons. The second-order valence-electron chi connectivity index (χ2n) is 6.26. The molecule has 0 aliphatic carbocycles. The Labute approximate surface area is 128 Å². The molecular formula is C18H28N2O. The van der Waals surface area contributed by atoms with E-state index in [0.717, 1.165) is 43.7 Å². The second-order valence-corrected chi connectivity index (χ2v) is 6.26. The predicted molar refractivity (Wildman–Crippen MR) is 89.6 cm³/mol. The molecule has 1 aliphatic heterocycles. The molecule has 0 aromatic heterocycles. The van der Waals surface area contributed by atoms with E-state index in [-0.39, 0.29) is 0 Å². The molecule has 1 unspecified atom stereocenters. The number of benzene rings is 1. The molecule has 1 saturated heterocycles. The Bertz CT molecular complexity index is 470. The second kappa shape index (κ2) is 7.62. The highest BCUT2D eigenvalue weighted by atomic mass is 16.3. The van der Waals surface area contributed by atoms with E-state index in [2.05, 4.69) is 36.2 Å². The van der Waals surface area contributed by atoms with Crippen molar-refractivity contribution in [3.63, 3.8) is 0 Å². The van der Waals surface area contributed by atoms with Gasteiger partial charge in [-0.15, -0.1) is 0 Å². The van der Waals surface area contributed by atoms with E-state index in [4.69, 9.17) is 0 Å². The van der Waals surface area contributed by atoms with Gasteiger partial charge in [0.2, 0.25) is 0 Å². The van der Waals surface area contributed by atoms with E-state index >= 15 is 0 Å². The highest BCUT2D eigenvalue weighted by Gasteiger charge is 2.19. The van der Waals surface area contributed by atoms with Crippen molar-refractivity contribution < 1.29 is 5.11 Å². The maximum atomic E-state index is 9.84. The molecule has 1 aliphatic rings. The molecule has 3 nitrogen and oxygen atoms in total. The van der Waals surface area contributed by atoms with Gasteiger partial charge in [0.25, 0.3) is 0 Å². The van der Waals surface area contributed by atoms with Crippen LogP contribution in [0.15, 0.2) is 35.9 Å². The van der Waals surface area contributed by atoms with Gasteiger partial charge in [-0.3, -0.25) is 4.90 Å². The molecule has 0 saturated carbocycles. The fourth-order valence-electron chi connectivity index (χ4n) is 2.78. The Kier molecular flexibility index (Phi) is 5.83. The molecule has 0 bridgehead atoms. The highest BCUT2D eigenvalue weighted by Crippen LogP contribution is 2.25. The van der Waals surface area contributed by atoms with Gasteiger partial charge < -0.3 is 10.4 Å². The van der Waals surface area contributed by atoms with Crippen LogP contribution in [0, 0.1) is 0 Å². The first-order valence-corrected chi connectivity index (χ1v) is 7.95. The minimum Gasteiger partial charge on any atom is -0.389 e. The molecule has 1 aromatic rings. The van der Waals surface area contributed by atoms with Gasteiger partial charge in [-0.25, -0.2) is 0 Å². The lowest BCUT2D eigenvalue weighted by atomic mass is 10.0. The van der Waals surface area contributed by atoms with Crippen LogP contribution in [0.25, 0.3) is 0 Å². The van der Waals surface area contributed by atoms with Gasteiger partial charge >= 0.3 is 0 Å². The van der Waals surface area contributed by atoms with Gasteiger partial charge in [0, 0.05) is 36.9 Å². The van der Waals surface area contributed by atoms with E-state index in [1.165, 1.54) is 5.57 Å². The van der Waals surface area contributed by atoms with Crippen molar-refractivity contribution in [2.75, 3.05) is 25.0 Å². The number of aliphatic hydroxyl groups is 1. The van der Waals surface area contributed by atoms with Crippen molar-refractivity contribution in [1.82, 2.24) is 4.90 Å². The molecule has 1 fully saturated rings. The van der Waals surface area contributed by atoms with E-state index < -0.39 is 6.10 Å². The smallest absolute Gasteiger partial charge is 0.0781 e. The van der Waals surface area contributed by atoms with Gasteiger partial charge in [0.1, 0.15) is 0 Å². The molecule has 21 heavy (non-hydrogen) atoms. The first-order chi connectivity index (χ1) is 10.1. The van der Waals surface area contributed by atoms with Crippen LogP contribution in [0.2, 0.25) is 0 Å². The van der Waals surface area contributed by atoms with Crippen LogP contribution in [0.3, 0.4) is 0 Å². The number of rotatable bonds is 5. The van der Waals surface area contributed by atoms with E-state index in [9.17, 15) is 5.11 Å². The molecule has 1 aromatic carbocycles. The van der Waals surface area contributed by atoms with Crippen molar-refractivity contribution in [2.45, 2.75) is 45.8 Å².